The van der Waals surface area contributed by atoms with E-state index in [1.807, 2.05) is 51.1 Å². The van der Waals surface area contributed by atoms with Gasteiger partial charge >= 0.3 is 0 Å². The van der Waals surface area contributed by atoms with E-state index in [0.717, 1.165) is 60.5 Å². The smallest absolute Gasteiger partial charge is 0.258 e. The molecule has 1 aromatic carbocycles. The largest absolute Gasteiger partial charge is 0.494 e. The first-order chi connectivity index (χ1) is 17.7. The molecule has 1 unspecified atom stereocenters. The van der Waals surface area contributed by atoms with Crippen molar-refractivity contribution in [1.29, 1.82) is 0 Å². The average molecular weight is 512 g/mol. The van der Waals surface area contributed by atoms with Gasteiger partial charge in [0.05, 0.1) is 6.61 Å². The van der Waals surface area contributed by atoms with E-state index in [1.165, 1.54) is 19.3 Å². The number of benzene rings is 1. The van der Waals surface area contributed by atoms with Crippen molar-refractivity contribution in [3.63, 3.8) is 0 Å². The van der Waals surface area contributed by atoms with Crippen molar-refractivity contribution in [2.24, 2.45) is 5.92 Å². The highest BCUT2D eigenvalue weighted by atomic mass is 16.5. The van der Waals surface area contributed by atoms with Crippen LogP contribution in [0.15, 0.2) is 52.6 Å². The number of amides is 2. The molecule has 1 heterocycles. The number of allylic oxidation sites excluding steroid dienone is 2. The predicted octanol–water partition coefficient (Wildman–Crippen LogP) is 7.82. The van der Waals surface area contributed by atoms with Gasteiger partial charge in [0.2, 0.25) is 0 Å². The van der Waals surface area contributed by atoms with Crippen LogP contribution in [0.5, 0.6) is 5.75 Å². The molecule has 0 bridgehead atoms. The topological polar surface area (TPSA) is 64.6 Å². The summed E-state index contributed by atoms with van der Waals surface area (Å²) >= 11 is 0. The third-order valence-corrected chi connectivity index (χ3v) is 6.32. The molecule has 0 aromatic heterocycles. The SMILES string of the molecule is CCCCCOCCC.CCCOc1ccc(/C(=C/C2=C(C)C(=C(C)C)C(=O)NC2=O)C(C)CC)cc1. The van der Waals surface area contributed by atoms with Gasteiger partial charge < -0.3 is 9.47 Å². The number of carbonyl (C=O) groups excluding carboxylic acids is 2. The lowest BCUT2D eigenvalue weighted by Gasteiger charge is -2.22. The van der Waals surface area contributed by atoms with Gasteiger partial charge in [-0.1, -0.05) is 65.2 Å². The monoisotopic (exact) mass is 511 g/mol. The molecule has 0 saturated heterocycles. The van der Waals surface area contributed by atoms with E-state index in [4.69, 9.17) is 9.47 Å². The maximum atomic E-state index is 12.6. The minimum atomic E-state index is -0.337. The molecule has 1 aromatic rings. The van der Waals surface area contributed by atoms with Crippen molar-refractivity contribution >= 4 is 17.4 Å². The molecule has 2 rings (SSSR count). The number of rotatable bonds is 13. The second-order valence-electron chi connectivity index (χ2n) is 9.80. The Morgan fingerprint density at radius 2 is 1.54 bits per heavy atom. The summed E-state index contributed by atoms with van der Waals surface area (Å²) in [6, 6.07) is 8.00. The van der Waals surface area contributed by atoms with Crippen LogP contribution in [0.2, 0.25) is 0 Å². The normalized spacial score (nSPS) is 14.7. The van der Waals surface area contributed by atoms with Gasteiger partial charge in [-0.25, -0.2) is 0 Å². The summed E-state index contributed by atoms with van der Waals surface area (Å²) in [6.07, 6.45) is 8.83. The molecule has 0 aliphatic carbocycles. The van der Waals surface area contributed by atoms with Gasteiger partial charge in [-0.15, -0.1) is 0 Å². The summed E-state index contributed by atoms with van der Waals surface area (Å²) < 4.78 is 11.0. The van der Waals surface area contributed by atoms with Crippen LogP contribution in [-0.2, 0) is 14.3 Å². The molecular formula is C32H49NO4. The summed E-state index contributed by atoms with van der Waals surface area (Å²) in [5.74, 6) is 0.457. The molecule has 1 aliphatic heterocycles. The number of nitrogens with one attached hydrogen (secondary N) is 1. The molecule has 0 spiro atoms. The Balaban J connectivity index is 0.000000649. The zero-order chi connectivity index (χ0) is 27.8. The number of hydrogen-bond donors (Lipinski definition) is 1. The fourth-order valence-electron chi connectivity index (χ4n) is 4.03. The van der Waals surface area contributed by atoms with Crippen LogP contribution >= 0.6 is 0 Å². The van der Waals surface area contributed by atoms with Crippen molar-refractivity contribution in [2.75, 3.05) is 19.8 Å². The van der Waals surface area contributed by atoms with Gasteiger partial charge in [-0.2, -0.15) is 0 Å². The van der Waals surface area contributed by atoms with E-state index in [0.29, 0.717) is 17.8 Å². The van der Waals surface area contributed by atoms with Gasteiger partial charge in [0.25, 0.3) is 11.8 Å². The lowest BCUT2D eigenvalue weighted by molar-refractivity contribution is -0.126. The van der Waals surface area contributed by atoms with Crippen molar-refractivity contribution < 1.29 is 19.1 Å². The zero-order valence-electron chi connectivity index (χ0n) is 24.5. The highest BCUT2D eigenvalue weighted by molar-refractivity contribution is 6.18. The second-order valence-corrected chi connectivity index (χ2v) is 9.80. The van der Waals surface area contributed by atoms with Gasteiger partial charge in [0.15, 0.2) is 0 Å². The number of carbonyl (C=O) groups is 2. The first kappa shape index (κ1) is 32.4. The van der Waals surface area contributed by atoms with Crippen LogP contribution in [0.25, 0.3) is 5.57 Å². The van der Waals surface area contributed by atoms with Crippen molar-refractivity contribution in [3.8, 4) is 5.75 Å². The third-order valence-electron chi connectivity index (χ3n) is 6.32. The van der Waals surface area contributed by atoms with Gasteiger partial charge in [-0.05, 0) is 87.3 Å². The van der Waals surface area contributed by atoms with E-state index in [1.54, 1.807) is 0 Å². The molecule has 0 radical (unpaired) electrons. The average Bonchev–Trinajstić information content (AvgIpc) is 2.87. The molecule has 1 aliphatic rings. The Labute approximate surface area is 225 Å². The van der Waals surface area contributed by atoms with Crippen LogP contribution in [0.3, 0.4) is 0 Å². The van der Waals surface area contributed by atoms with E-state index < -0.39 is 0 Å². The van der Waals surface area contributed by atoms with Crippen LogP contribution in [0.1, 0.15) is 99.5 Å². The summed E-state index contributed by atoms with van der Waals surface area (Å²) in [5.41, 5.74) is 4.92. The number of ether oxygens (including phenoxy) is 2. The van der Waals surface area contributed by atoms with Gasteiger partial charge in [0.1, 0.15) is 5.75 Å². The van der Waals surface area contributed by atoms with Crippen LogP contribution < -0.4 is 10.1 Å². The Morgan fingerprint density at radius 3 is 2.08 bits per heavy atom. The van der Waals surface area contributed by atoms with E-state index in [-0.39, 0.29) is 17.7 Å². The van der Waals surface area contributed by atoms with Gasteiger partial charge in [0, 0.05) is 24.4 Å². The van der Waals surface area contributed by atoms with Crippen molar-refractivity contribution in [3.05, 3.63) is 58.2 Å². The first-order valence-electron chi connectivity index (χ1n) is 14.0. The minimum absolute atomic E-state index is 0.267. The van der Waals surface area contributed by atoms with Gasteiger partial charge in [-0.3, -0.25) is 14.9 Å². The summed E-state index contributed by atoms with van der Waals surface area (Å²) in [6.45, 7) is 18.9. The maximum absolute atomic E-state index is 12.6. The van der Waals surface area contributed by atoms with E-state index >= 15 is 0 Å². The molecule has 5 nitrogen and oxygen atoms in total. The molecule has 1 atom stereocenters. The standard InChI is InChI=1S/C24H31NO3.C8H18O/c1-7-13-28-19-11-9-18(10-12-19)20(16(5)8-2)14-21-17(6)22(15(3)4)24(27)25-23(21)26;1-3-5-6-8-9-7-4-2/h9-12,14,16H,7-8,13H2,1-6H3,(H,25,26,27);3-8H2,1-2H3/b20-14+;. The highest BCUT2D eigenvalue weighted by Gasteiger charge is 2.27. The van der Waals surface area contributed by atoms with Crippen LogP contribution in [0, 0.1) is 5.92 Å². The molecule has 0 fully saturated rings. The van der Waals surface area contributed by atoms with Crippen molar-refractivity contribution in [1.82, 2.24) is 5.32 Å². The second kappa shape index (κ2) is 17.7. The maximum Gasteiger partial charge on any atom is 0.258 e. The fourth-order valence-corrected chi connectivity index (χ4v) is 4.03. The zero-order valence-corrected chi connectivity index (χ0v) is 24.5. The predicted molar refractivity (Wildman–Crippen MR) is 155 cm³/mol. The summed E-state index contributed by atoms with van der Waals surface area (Å²) in [4.78, 5) is 24.8. The van der Waals surface area contributed by atoms with Crippen LogP contribution in [0.4, 0.5) is 0 Å². The minimum Gasteiger partial charge on any atom is -0.494 e. The molecule has 5 heteroatoms. The highest BCUT2D eigenvalue weighted by Crippen LogP contribution is 2.32. The Morgan fingerprint density at radius 1 is 0.892 bits per heavy atom. The molecule has 2 amide bonds. The third kappa shape index (κ3) is 10.7. The molecule has 206 valence electrons. The van der Waals surface area contributed by atoms with Crippen molar-refractivity contribution in [2.45, 2.75) is 93.9 Å². The lowest BCUT2D eigenvalue weighted by atomic mass is 9.86. The van der Waals surface area contributed by atoms with E-state index in [2.05, 4.69) is 39.9 Å². The first-order valence-corrected chi connectivity index (χ1v) is 14.0. The molecule has 37 heavy (non-hydrogen) atoms. The number of hydrogen-bond acceptors (Lipinski definition) is 4. The Kier molecular flexibility index (Phi) is 15.5. The fraction of sp³-hybridized carbons (Fsp3) is 0.562. The summed E-state index contributed by atoms with van der Waals surface area (Å²) in [5, 5.41) is 2.48. The van der Waals surface area contributed by atoms with E-state index in [9.17, 15) is 9.59 Å². The quantitative estimate of drug-likeness (QED) is 0.167. The van der Waals surface area contributed by atoms with Crippen LogP contribution in [-0.4, -0.2) is 31.6 Å². The molecular weight excluding hydrogens is 462 g/mol. The number of unbranched alkanes of at least 4 members (excludes halogenated alkanes) is 2. The molecule has 0 saturated carbocycles. The Bertz CT molecular complexity index is 944. The summed E-state index contributed by atoms with van der Waals surface area (Å²) in [7, 11) is 0. The Hall–Kier alpha value is -2.66. The molecule has 1 N–H and O–H groups in total. The lowest BCUT2D eigenvalue weighted by Crippen LogP contribution is -2.38. The number of imide groups is 1.